The first-order valence-corrected chi connectivity index (χ1v) is 8.81. The van der Waals surface area contributed by atoms with Crippen molar-refractivity contribution in [3.63, 3.8) is 0 Å². The Morgan fingerprint density at radius 2 is 1.70 bits per heavy atom. The third-order valence-electron chi connectivity index (χ3n) is 5.07. The number of hydrogen-bond acceptors (Lipinski definition) is 1. The van der Waals surface area contributed by atoms with Crippen molar-refractivity contribution in [1.29, 1.82) is 0 Å². The Hall–Kier alpha value is -2.03. The summed E-state index contributed by atoms with van der Waals surface area (Å²) < 4.78 is 0. The van der Waals surface area contributed by atoms with Crippen LogP contribution < -0.4 is 10.6 Å². The summed E-state index contributed by atoms with van der Waals surface area (Å²) in [6, 6.07) is 15.3. The number of carbonyl (C=O) groups is 1. The van der Waals surface area contributed by atoms with Gasteiger partial charge in [0.2, 0.25) is 0 Å². The summed E-state index contributed by atoms with van der Waals surface area (Å²) in [6.07, 6.45) is 6.03. The average molecular weight is 308 g/mol. The highest BCUT2D eigenvalue weighted by molar-refractivity contribution is 5.83. The molecular weight excluding hydrogens is 284 g/mol. The van der Waals surface area contributed by atoms with Gasteiger partial charge in [0, 0.05) is 12.6 Å². The summed E-state index contributed by atoms with van der Waals surface area (Å²) >= 11 is 0. The van der Waals surface area contributed by atoms with Crippen LogP contribution in [0.15, 0.2) is 42.5 Å². The van der Waals surface area contributed by atoms with Gasteiger partial charge in [-0.1, -0.05) is 42.5 Å². The molecule has 2 aromatic carbocycles. The SMILES string of the molecule is O=C(NCCc1ccc2ccccc2c1)NC(C1CC1)C1CC1. The second kappa shape index (κ2) is 6.23. The van der Waals surface area contributed by atoms with Crippen LogP contribution in [0.1, 0.15) is 31.2 Å². The fourth-order valence-corrected chi connectivity index (χ4v) is 3.45. The van der Waals surface area contributed by atoms with Crippen LogP contribution in [-0.2, 0) is 6.42 Å². The summed E-state index contributed by atoms with van der Waals surface area (Å²) in [5.41, 5.74) is 1.27. The Morgan fingerprint density at radius 1 is 1.00 bits per heavy atom. The quantitative estimate of drug-likeness (QED) is 0.835. The fraction of sp³-hybridized carbons (Fsp3) is 0.450. The molecule has 2 aliphatic carbocycles. The van der Waals surface area contributed by atoms with Crippen LogP contribution in [0.25, 0.3) is 10.8 Å². The Bertz CT molecular complexity index is 692. The Kier molecular flexibility index (Phi) is 3.94. The summed E-state index contributed by atoms with van der Waals surface area (Å²) in [4.78, 5) is 12.1. The molecule has 2 amide bonds. The summed E-state index contributed by atoms with van der Waals surface area (Å²) in [7, 11) is 0. The van der Waals surface area contributed by atoms with Gasteiger partial charge in [-0.15, -0.1) is 0 Å². The van der Waals surface area contributed by atoms with E-state index in [1.54, 1.807) is 0 Å². The third-order valence-corrected chi connectivity index (χ3v) is 5.07. The highest BCUT2D eigenvalue weighted by Gasteiger charge is 2.42. The molecule has 2 fully saturated rings. The standard InChI is InChI=1S/C20H24N2O/c23-20(22-19(16-7-8-16)17-9-10-17)21-12-11-14-5-6-15-3-1-2-4-18(15)13-14/h1-6,13,16-17,19H,7-12H2,(H2,21,22,23). The van der Waals surface area contributed by atoms with Crippen LogP contribution in [-0.4, -0.2) is 18.6 Å². The lowest BCUT2D eigenvalue weighted by Crippen LogP contribution is -2.44. The van der Waals surface area contributed by atoms with Crippen LogP contribution in [0.4, 0.5) is 4.79 Å². The molecule has 0 heterocycles. The maximum absolute atomic E-state index is 12.1. The molecule has 2 aliphatic rings. The van der Waals surface area contributed by atoms with Crippen molar-refractivity contribution in [3.8, 4) is 0 Å². The van der Waals surface area contributed by atoms with E-state index >= 15 is 0 Å². The van der Waals surface area contributed by atoms with Crippen LogP contribution in [0.5, 0.6) is 0 Å². The number of nitrogens with one attached hydrogen (secondary N) is 2. The molecule has 0 aliphatic heterocycles. The normalized spacial score (nSPS) is 17.4. The fourth-order valence-electron chi connectivity index (χ4n) is 3.45. The van der Waals surface area contributed by atoms with E-state index in [2.05, 4.69) is 53.1 Å². The van der Waals surface area contributed by atoms with Gasteiger partial charge in [-0.3, -0.25) is 0 Å². The van der Waals surface area contributed by atoms with Gasteiger partial charge in [0.25, 0.3) is 0 Å². The Labute approximate surface area is 137 Å². The molecular formula is C20H24N2O. The number of rotatable bonds is 6. The van der Waals surface area contributed by atoms with E-state index in [0.717, 1.165) is 18.3 Å². The maximum Gasteiger partial charge on any atom is 0.315 e. The zero-order chi connectivity index (χ0) is 15.6. The third kappa shape index (κ3) is 3.66. The van der Waals surface area contributed by atoms with Crippen molar-refractivity contribution in [3.05, 3.63) is 48.0 Å². The van der Waals surface area contributed by atoms with Crippen molar-refractivity contribution in [1.82, 2.24) is 10.6 Å². The Morgan fingerprint density at radius 3 is 2.39 bits per heavy atom. The minimum absolute atomic E-state index is 0.00888. The van der Waals surface area contributed by atoms with Crippen LogP contribution in [0.3, 0.4) is 0 Å². The predicted octanol–water partition coefficient (Wildman–Crippen LogP) is 3.87. The molecule has 0 atom stereocenters. The average Bonchev–Trinajstić information content (AvgIpc) is 3.46. The number of urea groups is 1. The molecule has 0 radical (unpaired) electrons. The molecule has 4 rings (SSSR count). The number of benzene rings is 2. The lowest BCUT2D eigenvalue weighted by atomic mass is 10.1. The van der Waals surface area contributed by atoms with Gasteiger partial charge in [-0.2, -0.15) is 0 Å². The number of carbonyl (C=O) groups excluding carboxylic acids is 1. The topological polar surface area (TPSA) is 41.1 Å². The van der Waals surface area contributed by atoms with Gasteiger partial charge in [-0.05, 0) is 60.3 Å². The van der Waals surface area contributed by atoms with Crippen LogP contribution >= 0.6 is 0 Å². The van der Waals surface area contributed by atoms with E-state index in [1.165, 1.54) is 42.0 Å². The monoisotopic (exact) mass is 308 g/mol. The first-order valence-electron chi connectivity index (χ1n) is 8.81. The lowest BCUT2D eigenvalue weighted by Gasteiger charge is -2.18. The zero-order valence-electron chi connectivity index (χ0n) is 13.4. The summed E-state index contributed by atoms with van der Waals surface area (Å²) in [5.74, 6) is 1.49. The Balaban J connectivity index is 1.27. The molecule has 2 N–H and O–H groups in total. The highest BCUT2D eigenvalue weighted by atomic mass is 16.2. The first-order chi connectivity index (χ1) is 11.3. The van der Waals surface area contributed by atoms with E-state index in [4.69, 9.17) is 0 Å². The second-order valence-electron chi connectivity index (χ2n) is 7.03. The van der Waals surface area contributed by atoms with Gasteiger partial charge < -0.3 is 10.6 Å². The number of fused-ring (bicyclic) bond motifs is 1. The van der Waals surface area contributed by atoms with Gasteiger partial charge in [0.15, 0.2) is 0 Å². The molecule has 0 aromatic heterocycles. The largest absolute Gasteiger partial charge is 0.338 e. The van der Waals surface area contributed by atoms with Crippen molar-refractivity contribution < 1.29 is 4.79 Å². The van der Waals surface area contributed by atoms with E-state index in [9.17, 15) is 4.79 Å². The molecule has 2 aromatic rings. The van der Waals surface area contributed by atoms with E-state index in [-0.39, 0.29) is 6.03 Å². The van der Waals surface area contributed by atoms with Gasteiger partial charge in [0.05, 0.1) is 0 Å². The molecule has 0 bridgehead atoms. The lowest BCUT2D eigenvalue weighted by molar-refractivity contribution is 0.233. The number of hydrogen-bond donors (Lipinski definition) is 2. The molecule has 0 saturated heterocycles. The highest BCUT2D eigenvalue weighted by Crippen LogP contribution is 2.44. The molecule has 0 unspecified atom stereocenters. The molecule has 3 nitrogen and oxygen atoms in total. The van der Waals surface area contributed by atoms with Crippen molar-refractivity contribution in [2.45, 2.75) is 38.1 Å². The second-order valence-corrected chi connectivity index (χ2v) is 7.03. The molecule has 3 heteroatoms. The molecule has 0 spiro atoms. The van der Waals surface area contributed by atoms with Crippen LogP contribution in [0.2, 0.25) is 0 Å². The van der Waals surface area contributed by atoms with E-state index in [0.29, 0.717) is 12.6 Å². The number of amides is 2. The molecule has 120 valence electrons. The maximum atomic E-state index is 12.1. The summed E-state index contributed by atoms with van der Waals surface area (Å²) in [6.45, 7) is 0.687. The molecule has 2 saturated carbocycles. The summed E-state index contributed by atoms with van der Waals surface area (Å²) in [5, 5.41) is 8.76. The minimum atomic E-state index is 0.00888. The van der Waals surface area contributed by atoms with Crippen molar-refractivity contribution >= 4 is 16.8 Å². The van der Waals surface area contributed by atoms with E-state index in [1.807, 2.05) is 0 Å². The van der Waals surface area contributed by atoms with Gasteiger partial charge in [-0.25, -0.2) is 4.79 Å². The minimum Gasteiger partial charge on any atom is -0.338 e. The smallest absolute Gasteiger partial charge is 0.315 e. The predicted molar refractivity (Wildman–Crippen MR) is 93.4 cm³/mol. The van der Waals surface area contributed by atoms with Crippen molar-refractivity contribution in [2.75, 3.05) is 6.54 Å². The van der Waals surface area contributed by atoms with E-state index < -0.39 is 0 Å². The van der Waals surface area contributed by atoms with Crippen LogP contribution in [0, 0.1) is 11.8 Å². The molecule has 23 heavy (non-hydrogen) atoms. The van der Waals surface area contributed by atoms with Gasteiger partial charge >= 0.3 is 6.03 Å². The zero-order valence-corrected chi connectivity index (χ0v) is 13.4. The first kappa shape index (κ1) is 14.6. The van der Waals surface area contributed by atoms with Gasteiger partial charge in [0.1, 0.15) is 0 Å². The van der Waals surface area contributed by atoms with Crippen molar-refractivity contribution in [2.24, 2.45) is 11.8 Å².